The van der Waals surface area contributed by atoms with E-state index in [0.717, 1.165) is 9.13 Å². The lowest BCUT2D eigenvalue weighted by atomic mass is 10.1. The van der Waals surface area contributed by atoms with E-state index in [1.165, 1.54) is 12.1 Å². The standard InChI is InChI=1S/C15H12IN3O2/c1-10(11-2-4-13(16)5-3-11)18-15-7-6-14(19(20)21)8-12(15)9-17/h2-8,10,18H,1H3. The minimum absolute atomic E-state index is 0.00411. The Morgan fingerprint density at radius 3 is 2.52 bits per heavy atom. The van der Waals surface area contributed by atoms with E-state index >= 15 is 0 Å². The summed E-state index contributed by atoms with van der Waals surface area (Å²) < 4.78 is 1.15. The number of nitrogens with zero attached hydrogens (tertiary/aromatic N) is 2. The molecule has 0 aliphatic heterocycles. The van der Waals surface area contributed by atoms with Crippen LogP contribution in [0.1, 0.15) is 24.1 Å². The normalized spacial score (nSPS) is 11.5. The maximum Gasteiger partial charge on any atom is 0.270 e. The molecule has 0 aliphatic carbocycles. The number of hydrogen-bond acceptors (Lipinski definition) is 4. The number of rotatable bonds is 4. The zero-order valence-corrected chi connectivity index (χ0v) is 13.4. The molecule has 0 fully saturated rings. The number of halogens is 1. The molecule has 0 amide bonds. The molecule has 0 aliphatic rings. The third-order valence-corrected chi connectivity index (χ3v) is 3.80. The summed E-state index contributed by atoms with van der Waals surface area (Å²) in [6.45, 7) is 1.98. The smallest absolute Gasteiger partial charge is 0.270 e. The number of nitro groups is 1. The molecule has 2 aromatic rings. The number of non-ortho nitro benzene ring substituents is 1. The van der Waals surface area contributed by atoms with Gasteiger partial charge in [0, 0.05) is 21.7 Å². The van der Waals surface area contributed by atoms with Crippen LogP contribution in [0.15, 0.2) is 42.5 Å². The molecule has 0 heterocycles. The summed E-state index contributed by atoms with van der Waals surface area (Å²) in [7, 11) is 0. The maximum atomic E-state index is 10.7. The second kappa shape index (κ2) is 6.54. The Balaban J connectivity index is 2.25. The third-order valence-electron chi connectivity index (χ3n) is 3.08. The lowest BCUT2D eigenvalue weighted by molar-refractivity contribution is -0.384. The Bertz CT molecular complexity index is 708. The van der Waals surface area contributed by atoms with E-state index in [4.69, 9.17) is 5.26 Å². The van der Waals surface area contributed by atoms with E-state index in [1.54, 1.807) is 6.07 Å². The highest BCUT2D eigenvalue weighted by Crippen LogP contribution is 2.25. The first-order valence-corrected chi connectivity index (χ1v) is 7.29. The van der Waals surface area contributed by atoms with Crippen LogP contribution >= 0.6 is 22.6 Å². The molecule has 1 N–H and O–H groups in total. The molecular formula is C15H12IN3O2. The molecule has 0 saturated carbocycles. The van der Waals surface area contributed by atoms with Gasteiger partial charge in [-0.2, -0.15) is 5.26 Å². The minimum atomic E-state index is -0.507. The van der Waals surface area contributed by atoms with Gasteiger partial charge in [0.1, 0.15) is 6.07 Å². The number of nitrogens with one attached hydrogen (secondary N) is 1. The molecule has 0 bridgehead atoms. The van der Waals surface area contributed by atoms with E-state index in [0.29, 0.717) is 5.69 Å². The van der Waals surface area contributed by atoms with Crippen molar-refractivity contribution in [2.45, 2.75) is 13.0 Å². The monoisotopic (exact) mass is 393 g/mol. The predicted molar refractivity (Wildman–Crippen MR) is 89.0 cm³/mol. The Hall–Kier alpha value is -2.14. The second-order valence-electron chi connectivity index (χ2n) is 4.52. The molecule has 5 nitrogen and oxygen atoms in total. The summed E-state index contributed by atoms with van der Waals surface area (Å²) in [5.74, 6) is 0. The van der Waals surface area contributed by atoms with Crippen LogP contribution < -0.4 is 5.32 Å². The zero-order valence-electron chi connectivity index (χ0n) is 11.2. The number of nitriles is 1. The largest absolute Gasteiger partial charge is 0.377 e. The van der Waals surface area contributed by atoms with Crippen molar-refractivity contribution >= 4 is 34.0 Å². The summed E-state index contributed by atoms with van der Waals surface area (Å²) in [5.41, 5.74) is 1.85. The highest BCUT2D eigenvalue weighted by molar-refractivity contribution is 14.1. The van der Waals surface area contributed by atoms with Gasteiger partial charge in [0.2, 0.25) is 0 Å². The molecular weight excluding hydrogens is 381 g/mol. The highest BCUT2D eigenvalue weighted by Gasteiger charge is 2.13. The fraction of sp³-hybridized carbons (Fsp3) is 0.133. The van der Waals surface area contributed by atoms with Gasteiger partial charge in [0.15, 0.2) is 0 Å². The molecule has 6 heteroatoms. The van der Waals surface area contributed by atoms with Crippen molar-refractivity contribution in [1.82, 2.24) is 0 Å². The van der Waals surface area contributed by atoms with Gasteiger partial charge in [0.25, 0.3) is 5.69 Å². The molecule has 0 radical (unpaired) electrons. The van der Waals surface area contributed by atoms with Crippen LogP contribution in [-0.2, 0) is 0 Å². The first-order chi connectivity index (χ1) is 10.0. The quantitative estimate of drug-likeness (QED) is 0.479. The molecule has 1 unspecified atom stereocenters. The first-order valence-electron chi connectivity index (χ1n) is 6.22. The topological polar surface area (TPSA) is 79.0 Å². The number of hydrogen-bond donors (Lipinski definition) is 1. The van der Waals surface area contributed by atoms with Gasteiger partial charge < -0.3 is 5.32 Å². The Labute approximate surface area is 135 Å². The fourth-order valence-electron chi connectivity index (χ4n) is 1.93. The van der Waals surface area contributed by atoms with Gasteiger partial charge in [0.05, 0.1) is 16.2 Å². The molecule has 2 aromatic carbocycles. The number of benzene rings is 2. The van der Waals surface area contributed by atoms with Crippen LogP contribution in [-0.4, -0.2) is 4.92 Å². The van der Waals surface area contributed by atoms with Crippen molar-refractivity contribution in [3.63, 3.8) is 0 Å². The van der Waals surface area contributed by atoms with Crippen LogP contribution in [0.4, 0.5) is 11.4 Å². The number of anilines is 1. The van der Waals surface area contributed by atoms with Crippen LogP contribution in [0.5, 0.6) is 0 Å². The summed E-state index contributed by atoms with van der Waals surface area (Å²) in [6.07, 6.45) is 0. The second-order valence-corrected chi connectivity index (χ2v) is 5.76. The summed E-state index contributed by atoms with van der Waals surface area (Å²) in [5, 5.41) is 23.1. The average molecular weight is 393 g/mol. The molecule has 0 aromatic heterocycles. The van der Waals surface area contributed by atoms with Gasteiger partial charge in [-0.1, -0.05) is 12.1 Å². The molecule has 0 spiro atoms. The van der Waals surface area contributed by atoms with Gasteiger partial charge in [-0.15, -0.1) is 0 Å². The molecule has 1 atom stereocenters. The van der Waals surface area contributed by atoms with E-state index in [-0.39, 0.29) is 17.3 Å². The van der Waals surface area contributed by atoms with Gasteiger partial charge >= 0.3 is 0 Å². The van der Waals surface area contributed by atoms with E-state index in [2.05, 4.69) is 27.9 Å². The van der Waals surface area contributed by atoms with E-state index in [9.17, 15) is 10.1 Å². The highest BCUT2D eigenvalue weighted by atomic mass is 127. The van der Waals surface area contributed by atoms with E-state index < -0.39 is 4.92 Å². The van der Waals surface area contributed by atoms with Crippen molar-refractivity contribution in [1.29, 1.82) is 5.26 Å². The maximum absolute atomic E-state index is 10.7. The average Bonchev–Trinajstić information content (AvgIpc) is 2.48. The third kappa shape index (κ3) is 3.70. The van der Waals surface area contributed by atoms with Crippen molar-refractivity contribution < 1.29 is 4.92 Å². The molecule has 0 saturated heterocycles. The molecule has 106 valence electrons. The minimum Gasteiger partial charge on any atom is -0.377 e. The van der Waals surface area contributed by atoms with Crippen LogP contribution in [0, 0.1) is 25.0 Å². The van der Waals surface area contributed by atoms with Crippen LogP contribution in [0.2, 0.25) is 0 Å². The van der Waals surface area contributed by atoms with Crippen LogP contribution in [0.3, 0.4) is 0 Å². The van der Waals surface area contributed by atoms with Crippen LogP contribution in [0.25, 0.3) is 0 Å². The van der Waals surface area contributed by atoms with E-state index in [1.807, 2.05) is 37.3 Å². The predicted octanol–water partition coefficient (Wildman–Crippen LogP) is 4.24. The lowest BCUT2D eigenvalue weighted by Gasteiger charge is -2.16. The fourth-order valence-corrected chi connectivity index (χ4v) is 2.29. The van der Waals surface area contributed by atoms with Crippen molar-refractivity contribution in [2.24, 2.45) is 0 Å². The SMILES string of the molecule is CC(Nc1ccc([N+](=O)[O-])cc1C#N)c1ccc(I)cc1. The zero-order chi connectivity index (χ0) is 15.4. The molecule has 2 rings (SSSR count). The Morgan fingerprint density at radius 1 is 1.29 bits per heavy atom. The first kappa shape index (κ1) is 15.3. The van der Waals surface area contributed by atoms with Gasteiger partial charge in [-0.05, 0) is 53.3 Å². The Morgan fingerprint density at radius 2 is 1.95 bits per heavy atom. The van der Waals surface area contributed by atoms with Gasteiger partial charge in [-0.3, -0.25) is 10.1 Å². The summed E-state index contributed by atoms with van der Waals surface area (Å²) in [6, 6.07) is 14.3. The van der Waals surface area contributed by atoms with Crippen molar-refractivity contribution in [2.75, 3.05) is 5.32 Å². The summed E-state index contributed by atoms with van der Waals surface area (Å²) >= 11 is 2.24. The number of nitro benzene ring substituents is 1. The summed E-state index contributed by atoms with van der Waals surface area (Å²) in [4.78, 5) is 10.2. The van der Waals surface area contributed by atoms with Gasteiger partial charge in [-0.25, -0.2) is 0 Å². The lowest BCUT2D eigenvalue weighted by Crippen LogP contribution is -2.08. The van der Waals surface area contributed by atoms with Crippen molar-refractivity contribution in [3.05, 3.63) is 67.3 Å². The molecule has 21 heavy (non-hydrogen) atoms. The Kier molecular flexibility index (Phi) is 4.75. The van der Waals surface area contributed by atoms with Crippen molar-refractivity contribution in [3.8, 4) is 6.07 Å².